The molecule has 0 aliphatic carbocycles. The number of unbranched alkanes of at least 4 members (excludes halogenated alkanes) is 24. The van der Waals surface area contributed by atoms with E-state index in [-0.39, 0.29) is 25.2 Å². The maximum Gasteiger partial charge on any atom is 0.305 e. The normalized spacial score (nSPS) is 12.7. The lowest BCUT2D eigenvalue weighted by atomic mass is 9.99. The molecule has 262 valence electrons. The number of hydrogen-bond donors (Lipinski definition) is 1. The summed E-state index contributed by atoms with van der Waals surface area (Å²) in [7, 11) is 0. The van der Waals surface area contributed by atoms with E-state index in [0.29, 0.717) is 12.8 Å². The van der Waals surface area contributed by atoms with Crippen LogP contribution in [-0.2, 0) is 19.1 Å². The molecule has 0 spiro atoms. The van der Waals surface area contributed by atoms with Gasteiger partial charge in [0.25, 0.3) is 0 Å². The van der Waals surface area contributed by atoms with Crippen molar-refractivity contribution in [3.63, 3.8) is 0 Å². The van der Waals surface area contributed by atoms with Crippen LogP contribution in [0.2, 0.25) is 0 Å². The molecule has 0 saturated carbocycles. The van der Waals surface area contributed by atoms with Gasteiger partial charge in [-0.3, -0.25) is 9.59 Å². The lowest BCUT2D eigenvalue weighted by molar-refractivity contribution is -0.152. The third-order valence-electron chi connectivity index (χ3n) is 9.13. The molecule has 0 aromatic heterocycles. The van der Waals surface area contributed by atoms with Gasteiger partial charge in [-0.1, -0.05) is 188 Å². The quantitative estimate of drug-likeness (QED) is 0.0561. The molecule has 0 rings (SSSR count). The smallest absolute Gasteiger partial charge is 0.305 e. The molecule has 44 heavy (non-hydrogen) atoms. The van der Waals surface area contributed by atoms with Crippen molar-refractivity contribution in [1.82, 2.24) is 0 Å². The van der Waals surface area contributed by atoms with Crippen LogP contribution in [0.3, 0.4) is 0 Å². The third kappa shape index (κ3) is 33.8. The fraction of sp³-hybridized carbons (Fsp3) is 0.949. The molecule has 5 nitrogen and oxygen atoms in total. The van der Waals surface area contributed by atoms with Crippen LogP contribution < -0.4 is 0 Å². The molecule has 0 radical (unpaired) electrons. The van der Waals surface area contributed by atoms with Crippen molar-refractivity contribution < 1.29 is 24.2 Å². The zero-order valence-electron chi connectivity index (χ0n) is 29.9. The van der Waals surface area contributed by atoms with E-state index in [1.54, 1.807) is 0 Å². The fourth-order valence-electron chi connectivity index (χ4n) is 5.77. The molecule has 1 N–H and O–H groups in total. The van der Waals surface area contributed by atoms with Gasteiger partial charge in [0.2, 0.25) is 0 Å². The molecule has 5 heteroatoms. The average molecular weight is 625 g/mol. The fourth-order valence-corrected chi connectivity index (χ4v) is 5.77. The van der Waals surface area contributed by atoms with Gasteiger partial charge in [0.1, 0.15) is 19.3 Å². The molecule has 0 aliphatic rings. The predicted octanol–water partition coefficient (Wildman–Crippen LogP) is 11.8. The van der Waals surface area contributed by atoms with Gasteiger partial charge in [-0.15, -0.1) is 0 Å². The Labute approximate surface area is 274 Å². The second-order valence-corrected chi connectivity index (χ2v) is 13.7. The van der Waals surface area contributed by atoms with E-state index in [4.69, 9.17) is 9.47 Å². The summed E-state index contributed by atoms with van der Waals surface area (Å²) in [4.78, 5) is 23.9. The Balaban J connectivity index is 3.38. The predicted molar refractivity (Wildman–Crippen MR) is 187 cm³/mol. The number of aliphatic hydroxyl groups is 1. The lowest BCUT2D eigenvalue weighted by Gasteiger charge is -2.12. The largest absolute Gasteiger partial charge is 0.463 e. The number of carbonyl (C=O) groups excluding carboxylic acids is 2. The Morgan fingerprint density at radius 2 is 0.773 bits per heavy atom. The van der Waals surface area contributed by atoms with Crippen molar-refractivity contribution in [2.24, 2.45) is 5.92 Å². The van der Waals surface area contributed by atoms with Gasteiger partial charge < -0.3 is 14.6 Å². The molecule has 0 saturated heterocycles. The molecular weight excluding hydrogens is 548 g/mol. The number of hydrogen-bond acceptors (Lipinski definition) is 5. The Kier molecular flexibility index (Phi) is 33.9. The minimum absolute atomic E-state index is 0.109. The van der Waals surface area contributed by atoms with Crippen LogP contribution in [0, 0.1) is 5.92 Å². The highest BCUT2D eigenvalue weighted by Crippen LogP contribution is 2.16. The van der Waals surface area contributed by atoms with Gasteiger partial charge in [-0.2, -0.15) is 0 Å². The maximum absolute atomic E-state index is 12.0. The van der Waals surface area contributed by atoms with Crippen molar-refractivity contribution in [2.45, 2.75) is 219 Å². The van der Waals surface area contributed by atoms with Crippen LogP contribution in [0.15, 0.2) is 0 Å². The summed E-state index contributed by atoms with van der Waals surface area (Å²) in [6.07, 6.45) is 35.8. The van der Waals surface area contributed by atoms with Crippen LogP contribution in [0.5, 0.6) is 0 Å². The van der Waals surface area contributed by atoms with E-state index in [1.807, 2.05) is 0 Å². The Hall–Kier alpha value is -1.10. The van der Waals surface area contributed by atoms with Crippen molar-refractivity contribution in [2.75, 3.05) is 13.2 Å². The lowest BCUT2D eigenvalue weighted by Crippen LogP contribution is -2.25. The summed E-state index contributed by atoms with van der Waals surface area (Å²) in [6.45, 7) is 6.67. The minimum Gasteiger partial charge on any atom is -0.463 e. The molecular formula is C39H76O5. The van der Waals surface area contributed by atoms with Crippen molar-refractivity contribution in [1.29, 1.82) is 0 Å². The highest BCUT2D eigenvalue weighted by Gasteiger charge is 2.12. The van der Waals surface area contributed by atoms with E-state index in [0.717, 1.165) is 38.0 Å². The van der Waals surface area contributed by atoms with Gasteiger partial charge in [0.05, 0.1) is 0 Å². The van der Waals surface area contributed by atoms with Crippen LogP contribution in [0.25, 0.3) is 0 Å². The van der Waals surface area contributed by atoms with E-state index < -0.39 is 6.10 Å². The highest BCUT2D eigenvalue weighted by molar-refractivity contribution is 5.69. The van der Waals surface area contributed by atoms with E-state index in [2.05, 4.69) is 20.8 Å². The molecule has 1 unspecified atom stereocenters. The standard InChI is InChI=1S/C39H76O5/c1-4-6-7-8-9-10-11-12-13-14-15-16-17-18-19-23-26-29-32-38(41)43-34-37(40)35-44-39(42)33-30-27-24-21-20-22-25-28-31-36(3)5-2/h36-37,40H,4-35H2,1-3H3/t36?,37-/m0/s1. The maximum atomic E-state index is 12.0. The zero-order chi connectivity index (χ0) is 32.4. The van der Waals surface area contributed by atoms with Crippen LogP contribution in [0.1, 0.15) is 213 Å². The van der Waals surface area contributed by atoms with Crippen LogP contribution in [0.4, 0.5) is 0 Å². The van der Waals surface area contributed by atoms with E-state index >= 15 is 0 Å². The van der Waals surface area contributed by atoms with Gasteiger partial charge in [-0.05, 0) is 18.8 Å². The molecule has 0 aromatic carbocycles. The average Bonchev–Trinajstić information content (AvgIpc) is 3.02. The number of esters is 2. The molecule has 0 amide bonds. The van der Waals surface area contributed by atoms with Crippen LogP contribution in [-0.4, -0.2) is 36.4 Å². The number of carbonyl (C=O) groups is 2. The highest BCUT2D eigenvalue weighted by atomic mass is 16.6. The topological polar surface area (TPSA) is 72.8 Å². The number of aliphatic hydroxyl groups excluding tert-OH is 1. The summed E-state index contributed by atoms with van der Waals surface area (Å²) in [6, 6.07) is 0. The Morgan fingerprint density at radius 1 is 0.477 bits per heavy atom. The SMILES string of the molecule is CCCCCCCCCCCCCCCCCCCCC(=O)OC[C@H](O)COC(=O)CCCCCCCCCCC(C)CC. The van der Waals surface area contributed by atoms with Crippen LogP contribution >= 0.6 is 0 Å². The van der Waals surface area contributed by atoms with E-state index in [1.165, 1.54) is 148 Å². The summed E-state index contributed by atoms with van der Waals surface area (Å²) in [5, 5.41) is 9.99. The third-order valence-corrected chi connectivity index (χ3v) is 9.13. The van der Waals surface area contributed by atoms with Gasteiger partial charge in [0, 0.05) is 12.8 Å². The molecule has 0 aromatic rings. The second-order valence-electron chi connectivity index (χ2n) is 13.7. The van der Waals surface area contributed by atoms with Gasteiger partial charge in [-0.25, -0.2) is 0 Å². The first-order valence-electron chi connectivity index (χ1n) is 19.5. The van der Waals surface area contributed by atoms with Gasteiger partial charge in [0.15, 0.2) is 0 Å². The zero-order valence-corrected chi connectivity index (χ0v) is 29.9. The summed E-state index contributed by atoms with van der Waals surface area (Å²) in [5.74, 6) is 0.306. The first-order chi connectivity index (χ1) is 21.5. The van der Waals surface area contributed by atoms with Gasteiger partial charge >= 0.3 is 11.9 Å². The summed E-state index contributed by atoms with van der Waals surface area (Å²) < 4.78 is 10.3. The number of ether oxygens (including phenoxy) is 2. The first-order valence-corrected chi connectivity index (χ1v) is 19.5. The van der Waals surface area contributed by atoms with Crippen molar-refractivity contribution in [3.8, 4) is 0 Å². The van der Waals surface area contributed by atoms with Crippen molar-refractivity contribution in [3.05, 3.63) is 0 Å². The molecule has 2 atom stereocenters. The van der Waals surface area contributed by atoms with Crippen molar-refractivity contribution >= 4 is 11.9 Å². The summed E-state index contributed by atoms with van der Waals surface area (Å²) in [5.41, 5.74) is 0. The molecule has 0 heterocycles. The molecule has 0 fully saturated rings. The minimum atomic E-state index is -0.955. The summed E-state index contributed by atoms with van der Waals surface area (Å²) >= 11 is 0. The first kappa shape index (κ1) is 42.9. The Bertz CT molecular complexity index is 607. The number of rotatable bonds is 35. The second kappa shape index (κ2) is 34.8. The Morgan fingerprint density at radius 3 is 1.09 bits per heavy atom. The molecule has 0 bridgehead atoms. The van der Waals surface area contributed by atoms with E-state index in [9.17, 15) is 14.7 Å². The monoisotopic (exact) mass is 625 g/mol. The molecule has 0 aliphatic heterocycles.